The highest BCUT2D eigenvalue weighted by Crippen LogP contribution is 2.30. The van der Waals surface area contributed by atoms with Crippen LogP contribution in [0.4, 0.5) is 0 Å². The van der Waals surface area contributed by atoms with Gasteiger partial charge < -0.3 is 4.74 Å². The second kappa shape index (κ2) is 4.44. The first-order chi connectivity index (χ1) is 6.98. The van der Waals surface area contributed by atoms with Crippen LogP contribution in [0.2, 0.25) is 0 Å². The van der Waals surface area contributed by atoms with E-state index in [1.807, 2.05) is 0 Å². The molecule has 5 nitrogen and oxygen atoms in total. The number of likely N-dealkylation sites (tertiary alicyclic amines) is 1. The first kappa shape index (κ1) is 12.0. The van der Waals surface area contributed by atoms with Crippen molar-refractivity contribution in [3.05, 3.63) is 0 Å². The van der Waals surface area contributed by atoms with E-state index in [2.05, 4.69) is 27.5 Å². The smallest absolute Gasteiger partial charge is 0.215 e. The molecular weight excluding hydrogens is 331 g/mol. The zero-order chi connectivity index (χ0) is 11.1. The summed E-state index contributed by atoms with van der Waals surface area (Å²) in [5, 5.41) is 4.73. The summed E-state index contributed by atoms with van der Waals surface area (Å²) >= 11 is 2.15. The van der Waals surface area contributed by atoms with Gasteiger partial charge in [0.05, 0.1) is 10.7 Å². The highest BCUT2D eigenvalue weighted by molar-refractivity contribution is 14.1. The van der Waals surface area contributed by atoms with Crippen LogP contribution in [-0.2, 0) is 14.8 Å². The molecule has 2 rings (SSSR count). The maximum atomic E-state index is 11.1. The van der Waals surface area contributed by atoms with Crippen LogP contribution in [0.15, 0.2) is 0 Å². The fraction of sp³-hybridized carbons (Fsp3) is 1.00. The van der Waals surface area contributed by atoms with Crippen molar-refractivity contribution in [3.63, 3.8) is 0 Å². The van der Waals surface area contributed by atoms with E-state index in [0.717, 1.165) is 26.2 Å². The van der Waals surface area contributed by atoms with Crippen LogP contribution < -0.4 is 5.14 Å². The van der Waals surface area contributed by atoms with E-state index in [4.69, 9.17) is 9.88 Å². The molecule has 2 saturated heterocycles. The van der Waals surface area contributed by atoms with Crippen molar-refractivity contribution in [1.82, 2.24) is 4.90 Å². The van der Waals surface area contributed by atoms with Gasteiger partial charge in [-0.2, -0.15) is 0 Å². The molecule has 2 fully saturated rings. The third kappa shape index (κ3) is 2.63. The topological polar surface area (TPSA) is 72.6 Å². The number of hydrogen-bond acceptors (Lipinski definition) is 4. The Labute approximate surface area is 104 Å². The lowest BCUT2D eigenvalue weighted by atomic mass is 10.1. The summed E-state index contributed by atoms with van der Waals surface area (Å²) in [7, 11) is -3.36. The Kier molecular flexibility index (Phi) is 3.56. The van der Waals surface area contributed by atoms with Crippen molar-refractivity contribution in [2.24, 2.45) is 11.1 Å². The fourth-order valence-electron chi connectivity index (χ4n) is 2.01. The summed E-state index contributed by atoms with van der Waals surface area (Å²) in [6.45, 7) is 3.14. The van der Waals surface area contributed by atoms with E-state index < -0.39 is 10.0 Å². The van der Waals surface area contributed by atoms with Gasteiger partial charge in [-0.3, -0.25) is 4.90 Å². The zero-order valence-electron chi connectivity index (χ0n) is 8.30. The number of hydrogen-bond donors (Lipinski definition) is 1. The summed E-state index contributed by atoms with van der Waals surface area (Å²) in [4.78, 5) is 2.16. The highest BCUT2D eigenvalue weighted by atomic mass is 127. The molecule has 0 aliphatic carbocycles. The van der Waals surface area contributed by atoms with Gasteiger partial charge in [-0.15, -0.1) is 0 Å². The summed E-state index contributed by atoms with van der Waals surface area (Å²) in [5.41, 5.74) is 0. The predicted octanol–water partition coefficient (Wildman–Crippen LogP) is -0.243. The van der Waals surface area contributed by atoms with Crippen LogP contribution in [-0.4, -0.2) is 48.9 Å². The molecule has 3 unspecified atom stereocenters. The Morgan fingerprint density at radius 2 is 2.27 bits per heavy atom. The molecule has 2 N–H and O–H groups in total. The van der Waals surface area contributed by atoms with E-state index in [1.54, 1.807) is 0 Å². The monoisotopic (exact) mass is 346 g/mol. The molecule has 0 aromatic carbocycles. The van der Waals surface area contributed by atoms with E-state index >= 15 is 0 Å². The Morgan fingerprint density at radius 1 is 1.53 bits per heavy atom. The summed E-state index contributed by atoms with van der Waals surface area (Å²) in [6, 6.07) is 0. The number of alkyl halides is 1. The van der Waals surface area contributed by atoms with Gasteiger partial charge in [0.25, 0.3) is 0 Å². The van der Waals surface area contributed by atoms with Crippen LogP contribution in [0, 0.1) is 5.92 Å². The SMILES string of the molecule is NS(=O)(=O)C1CN(CC2CCOC2)C1I. The van der Waals surface area contributed by atoms with Crippen molar-refractivity contribution >= 4 is 32.6 Å². The molecule has 2 heterocycles. The second-order valence-electron chi connectivity index (χ2n) is 4.18. The van der Waals surface area contributed by atoms with Crippen molar-refractivity contribution < 1.29 is 13.2 Å². The van der Waals surface area contributed by atoms with Crippen LogP contribution >= 0.6 is 22.6 Å². The first-order valence-corrected chi connectivity index (χ1v) is 7.81. The Hall–Kier alpha value is 0.560. The maximum absolute atomic E-state index is 11.1. The summed E-state index contributed by atoms with van der Waals surface area (Å²) in [6.07, 6.45) is 1.08. The average molecular weight is 346 g/mol. The van der Waals surface area contributed by atoms with Crippen LogP contribution in [0.1, 0.15) is 6.42 Å². The molecule has 0 saturated carbocycles. The number of nitrogens with two attached hydrogens (primary N) is 1. The van der Waals surface area contributed by atoms with Crippen molar-refractivity contribution in [2.45, 2.75) is 15.7 Å². The number of nitrogens with zero attached hydrogens (tertiary/aromatic N) is 1. The Balaban J connectivity index is 1.84. The molecule has 15 heavy (non-hydrogen) atoms. The van der Waals surface area contributed by atoms with E-state index in [-0.39, 0.29) is 9.30 Å². The predicted molar refractivity (Wildman–Crippen MR) is 65.2 cm³/mol. The van der Waals surface area contributed by atoms with Gasteiger partial charge >= 0.3 is 0 Å². The molecule has 7 heteroatoms. The van der Waals surface area contributed by atoms with Crippen LogP contribution in [0.25, 0.3) is 0 Å². The number of primary sulfonamides is 1. The van der Waals surface area contributed by atoms with Gasteiger partial charge in [-0.25, -0.2) is 13.6 Å². The van der Waals surface area contributed by atoms with Crippen molar-refractivity contribution in [2.75, 3.05) is 26.3 Å². The number of ether oxygens (including phenoxy) is 1. The molecule has 2 aliphatic rings. The third-order valence-electron chi connectivity index (χ3n) is 3.01. The largest absolute Gasteiger partial charge is 0.381 e. The number of halogens is 1. The molecule has 0 spiro atoms. The molecule has 0 radical (unpaired) electrons. The van der Waals surface area contributed by atoms with Gasteiger partial charge in [-0.1, -0.05) is 22.6 Å². The molecule has 0 aromatic heterocycles. The van der Waals surface area contributed by atoms with Gasteiger partial charge in [0, 0.05) is 19.7 Å². The standard InChI is InChI=1S/C8H15IN2O3S/c9-8-7(15(10,12)13)4-11(8)3-6-1-2-14-5-6/h6-8H,1-5H2,(H2,10,12,13). The Morgan fingerprint density at radius 3 is 2.73 bits per heavy atom. The molecule has 88 valence electrons. The molecule has 2 aliphatic heterocycles. The lowest BCUT2D eigenvalue weighted by Gasteiger charge is -2.44. The quantitative estimate of drug-likeness (QED) is 0.435. The minimum absolute atomic E-state index is 0.0261. The minimum atomic E-state index is -3.36. The first-order valence-electron chi connectivity index (χ1n) is 4.96. The molecule has 0 amide bonds. The van der Waals surface area contributed by atoms with E-state index in [0.29, 0.717) is 12.5 Å². The van der Waals surface area contributed by atoms with Gasteiger partial charge in [0.15, 0.2) is 0 Å². The lowest BCUT2D eigenvalue weighted by molar-refractivity contribution is 0.127. The zero-order valence-corrected chi connectivity index (χ0v) is 11.3. The molecular formula is C8H15IN2O3S. The maximum Gasteiger partial charge on any atom is 0.215 e. The summed E-state index contributed by atoms with van der Waals surface area (Å²) < 4.78 is 27.6. The summed E-state index contributed by atoms with van der Waals surface area (Å²) in [5.74, 6) is 0.559. The Bertz CT molecular complexity index is 329. The van der Waals surface area contributed by atoms with Crippen molar-refractivity contribution in [1.29, 1.82) is 0 Å². The fourth-order valence-corrected chi connectivity index (χ4v) is 4.80. The van der Waals surface area contributed by atoms with E-state index in [1.165, 1.54) is 0 Å². The number of sulfonamides is 1. The van der Waals surface area contributed by atoms with Crippen molar-refractivity contribution in [3.8, 4) is 0 Å². The van der Waals surface area contributed by atoms with Crippen LogP contribution in [0.5, 0.6) is 0 Å². The van der Waals surface area contributed by atoms with E-state index in [9.17, 15) is 8.42 Å². The normalized spacial score (nSPS) is 37.9. The average Bonchev–Trinajstić information content (AvgIpc) is 2.61. The second-order valence-corrected chi connectivity index (χ2v) is 7.24. The number of rotatable bonds is 3. The van der Waals surface area contributed by atoms with Gasteiger partial charge in [0.2, 0.25) is 10.0 Å². The molecule has 0 aromatic rings. The highest BCUT2D eigenvalue weighted by Gasteiger charge is 2.44. The molecule has 0 bridgehead atoms. The third-order valence-corrected chi connectivity index (χ3v) is 6.40. The van der Waals surface area contributed by atoms with Crippen LogP contribution in [0.3, 0.4) is 0 Å². The van der Waals surface area contributed by atoms with Gasteiger partial charge in [0.1, 0.15) is 5.25 Å². The molecule has 3 atom stereocenters. The lowest BCUT2D eigenvalue weighted by Crippen LogP contribution is -2.62. The van der Waals surface area contributed by atoms with Gasteiger partial charge in [-0.05, 0) is 12.3 Å². The minimum Gasteiger partial charge on any atom is -0.381 e.